The number of amides is 1. The van der Waals surface area contributed by atoms with Crippen LogP contribution in [0.5, 0.6) is 0 Å². The number of carbonyl (C=O) groups is 2. The Hall–Kier alpha value is -2.39. The minimum absolute atomic E-state index is 0.0190. The average Bonchev–Trinajstić information content (AvgIpc) is 3.17. The van der Waals surface area contributed by atoms with Crippen LogP contribution in [0.4, 0.5) is 0 Å². The first kappa shape index (κ1) is 18.4. The lowest BCUT2D eigenvalue weighted by Crippen LogP contribution is -2.44. The van der Waals surface area contributed by atoms with E-state index in [1.165, 1.54) is 0 Å². The van der Waals surface area contributed by atoms with Crippen molar-refractivity contribution in [2.75, 3.05) is 26.3 Å². The van der Waals surface area contributed by atoms with Gasteiger partial charge in [-0.1, -0.05) is 25.0 Å². The summed E-state index contributed by atoms with van der Waals surface area (Å²) in [5.74, 6) is -0.258. The van der Waals surface area contributed by atoms with Gasteiger partial charge in [-0.25, -0.2) is 0 Å². The lowest BCUT2D eigenvalue weighted by Gasteiger charge is -2.32. The third-order valence-corrected chi connectivity index (χ3v) is 5.30. The van der Waals surface area contributed by atoms with Crippen LogP contribution in [0.2, 0.25) is 0 Å². The summed E-state index contributed by atoms with van der Waals surface area (Å²) in [4.78, 5) is 27.2. The minimum atomic E-state index is -0.692. The predicted octanol–water partition coefficient (Wildman–Crippen LogP) is 2.41. The van der Waals surface area contributed by atoms with E-state index in [1.807, 2.05) is 0 Å². The molecular formula is C20H24N2O4. The number of rotatable bonds is 5. The van der Waals surface area contributed by atoms with Crippen LogP contribution in [0.25, 0.3) is 0 Å². The van der Waals surface area contributed by atoms with E-state index in [-0.39, 0.29) is 24.9 Å². The number of nitriles is 1. The molecule has 1 aliphatic carbocycles. The number of nitrogens with zero attached hydrogens (tertiary/aromatic N) is 2. The third-order valence-electron chi connectivity index (χ3n) is 5.30. The first-order chi connectivity index (χ1) is 12.6. The smallest absolute Gasteiger partial charge is 0.312 e. The first-order valence-electron chi connectivity index (χ1n) is 9.15. The van der Waals surface area contributed by atoms with Crippen molar-refractivity contribution in [2.45, 2.75) is 38.7 Å². The van der Waals surface area contributed by atoms with E-state index in [9.17, 15) is 9.59 Å². The summed E-state index contributed by atoms with van der Waals surface area (Å²) in [6.07, 6.45) is 3.52. The Balaban J connectivity index is 1.61. The largest absolute Gasteiger partial charge is 0.460 e. The Labute approximate surface area is 153 Å². The minimum Gasteiger partial charge on any atom is -0.460 e. The Kier molecular flexibility index (Phi) is 5.89. The number of esters is 1. The maximum atomic E-state index is 12.8. The van der Waals surface area contributed by atoms with E-state index in [1.54, 1.807) is 29.2 Å². The highest BCUT2D eigenvalue weighted by Crippen LogP contribution is 2.43. The Morgan fingerprint density at radius 2 is 1.81 bits per heavy atom. The van der Waals surface area contributed by atoms with Gasteiger partial charge in [0.2, 0.25) is 5.91 Å². The van der Waals surface area contributed by atoms with Gasteiger partial charge < -0.3 is 14.4 Å². The Bertz CT molecular complexity index is 681. The van der Waals surface area contributed by atoms with E-state index in [4.69, 9.17) is 14.7 Å². The van der Waals surface area contributed by atoms with Crippen molar-refractivity contribution in [3.63, 3.8) is 0 Å². The molecule has 1 aromatic rings. The molecule has 1 aromatic carbocycles. The van der Waals surface area contributed by atoms with Crippen LogP contribution >= 0.6 is 0 Å². The van der Waals surface area contributed by atoms with Crippen LogP contribution in [-0.2, 0) is 25.7 Å². The van der Waals surface area contributed by atoms with E-state index in [0.29, 0.717) is 44.7 Å². The zero-order valence-electron chi connectivity index (χ0n) is 14.9. The van der Waals surface area contributed by atoms with Gasteiger partial charge in [-0.2, -0.15) is 5.26 Å². The molecule has 1 amide bonds. The SMILES string of the molecule is N#Cc1ccc(COC(=O)C2(CC(=O)N3CCOCC3)CCCC2)cc1. The lowest BCUT2D eigenvalue weighted by molar-refractivity contribution is -0.161. The van der Waals surface area contributed by atoms with Crippen LogP contribution in [0.15, 0.2) is 24.3 Å². The van der Waals surface area contributed by atoms with Crippen LogP contribution in [-0.4, -0.2) is 43.1 Å². The molecule has 6 heteroatoms. The van der Waals surface area contributed by atoms with Gasteiger partial charge in [0, 0.05) is 19.5 Å². The maximum absolute atomic E-state index is 12.8. The van der Waals surface area contributed by atoms with Crippen LogP contribution in [0.1, 0.15) is 43.2 Å². The number of hydrogen-bond acceptors (Lipinski definition) is 5. The van der Waals surface area contributed by atoms with Gasteiger partial charge in [0.15, 0.2) is 0 Å². The topological polar surface area (TPSA) is 79.6 Å². The van der Waals surface area contributed by atoms with E-state index < -0.39 is 5.41 Å². The number of carbonyl (C=O) groups excluding carboxylic acids is 2. The van der Waals surface area contributed by atoms with Gasteiger partial charge in [-0.05, 0) is 30.5 Å². The summed E-state index contributed by atoms with van der Waals surface area (Å²) < 4.78 is 10.9. The molecule has 1 saturated heterocycles. The molecule has 2 fully saturated rings. The standard InChI is InChI=1S/C20H24N2O4/c21-14-16-3-5-17(6-4-16)15-26-19(24)20(7-1-2-8-20)13-18(23)22-9-11-25-12-10-22/h3-6H,1-2,7-13,15H2. The summed E-state index contributed by atoms with van der Waals surface area (Å²) in [6, 6.07) is 9.04. The van der Waals surface area contributed by atoms with Gasteiger partial charge in [-0.15, -0.1) is 0 Å². The second kappa shape index (κ2) is 8.33. The van der Waals surface area contributed by atoms with Gasteiger partial charge >= 0.3 is 5.97 Å². The summed E-state index contributed by atoms with van der Waals surface area (Å²) in [5.41, 5.74) is 0.718. The molecule has 138 valence electrons. The van der Waals surface area contributed by atoms with Crippen molar-refractivity contribution >= 4 is 11.9 Å². The van der Waals surface area contributed by atoms with Gasteiger partial charge in [0.25, 0.3) is 0 Å². The molecule has 1 heterocycles. The molecule has 2 aliphatic rings. The average molecular weight is 356 g/mol. The predicted molar refractivity (Wildman–Crippen MR) is 93.9 cm³/mol. The van der Waals surface area contributed by atoms with Crippen molar-refractivity contribution in [3.8, 4) is 6.07 Å². The molecule has 0 radical (unpaired) electrons. The van der Waals surface area contributed by atoms with Crippen molar-refractivity contribution in [2.24, 2.45) is 5.41 Å². The zero-order valence-corrected chi connectivity index (χ0v) is 14.9. The van der Waals surface area contributed by atoms with Crippen LogP contribution in [0.3, 0.4) is 0 Å². The van der Waals surface area contributed by atoms with Crippen LogP contribution in [0, 0.1) is 16.7 Å². The zero-order chi connectivity index (χ0) is 18.4. The number of hydrogen-bond donors (Lipinski definition) is 0. The maximum Gasteiger partial charge on any atom is 0.312 e. The fourth-order valence-corrected chi connectivity index (χ4v) is 3.70. The van der Waals surface area contributed by atoms with Crippen molar-refractivity contribution in [1.29, 1.82) is 5.26 Å². The highest BCUT2D eigenvalue weighted by atomic mass is 16.5. The normalized spacial score (nSPS) is 19.0. The fraction of sp³-hybridized carbons (Fsp3) is 0.550. The molecule has 0 bridgehead atoms. The highest BCUT2D eigenvalue weighted by Gasteiger charge is 2.45. The van der Waals surface area contributed by atoms with Gasteiger partial charge in [0.1, 0.15) is 6.61 Å². The molecule has 1 aliphatic heterocycles. The summed E-state index contributed by atoms with van der Waals surface area (Å²) in [7, 11) is 0. The van der Waals surface area contributed by atoms with Gasteiger partial charge in [0.05, 0.1) is 30.3 Å². The molecule has 0 atom stereocenters. The van der Waals surface area contributed by atoms with Crippen molar-refractivity contribution in [3.05, 3.63) is 35.4 Å². The van der Waals surface area contributed by atoms with E-state index in [2.05, 4.69) is 6.07 Å². The number of morpholine rings is 1. The van der Waals surface area contributed by atoms with Gasteiger partial charge in [-0.3, -0.25) is 9.59 Å². The van der Waals surface area contributed by atoms with E-state index in [0.717, 1.165) is 18.4 Å². The second-order valence-corrected chi connectivity index (χ2v) is 7.04. The fourth-order valence-electron chi connectivity index (χ4n) is 3.70. The molecule has 0 aromatic heterocycles. The molecule has 0 spiro atoms. The summed E-state index contributed by atoms with van der Waals surface area (Å²) in [6.45, 7) is 2.46. The number of benzene rings is 1. The highest BCUT2D eigenvalue weighted by molar-refractivity contribution is 5.86. The quantitative estimate of drug-likeness (QED) is 0.757. The van der Waals surface area contributed by atoms with Crippen molar-refractivity contribution < 1.29 is 19.1 Å². The van der Waals surface area contributed by atoms with Crippen LogP contribution < -0.4 is 0 Å². The molecular weight excluding hydrogens is 332 g/mol. The van der Waals surface area contributed by atoms with E-state index >= 15 is 0 Å². The molecule has 0 unspecified atom stereocenters. The van der Waals surface area contributed by atoms with Crippen molar-refractivity contribution in [1.82, 2.24) is 4.90 Å². The molecule has 26 heavy (non-hydrogen) atoms. The monoisotopic (exact) mass is 356 g/mol. The molecule has 1 saturated carbocycles. The summed E-state index contributed by atoms with van der Waals surface area (Å²) >= 11 is 0. The Morgan fingerprint density at radius 1 is 1.15 bits per heavy atom. The first-order valence-corrected chi connectivity index (χ1v) is 9.15. The lowest BCUT2D eigenvalue weighted by atomic mass is 9.82. The molecule has 0 N–H and O–H groups in total. The second-order valence-electron chi connectivity index (χ2n) is 7.04. The molecule has 3 rings (SSSR count). The third kappa shape index (κ3) is 4.23. The number of ether oxygens (including phenoxy) is 2. The summed E-state index contributed by atoms with van der Waals surface area (Å²) in [5, 5.41) is 8.84. The molecule has 6 nitrogen and oxygen atoms in total. The Morgan fingerprint density at radius 3 is 2.42 bits per heavy atom.